The SMILES string of the molecule is CCCCCCCCCCCCCCCCCC(=O)O[C@H](COC(=O)CCCCCCCCCCCCCCC)COP(=O)(O)OC[C@H](O)COP(=O)(O)OC[C@@H](COC(=O)CCCCCCCCCCCCCCC(C)C)OC(=O)CCCCCCCCCCCCCCCC(C)C. The molecule has 99 heavy (non-hydrogen) atoms. The van der Waals surface area contributed by atoms with Crippen molar-refractivity contribution in [2.45, 2.75) is 439 Å². The minimum Gasteiger partial charge on any atom is -0.462 e. The lowest BCUT2D eigenvalue weighted by Gasteiger charge is -2.21. The van der Waals surface area contributed by atoms with Crippen LogP contribution in [0.15, 0.2) is 0 Å². The number of ether oxygens (including phenoxy) is 4. The second-order valence-electron chi connectivity index (χ2n) is 29.8. The van der Waals surface area contributed by atoms with Crippen molar-refractivity contribution in [2.24, 2.45) is 11.8 Å². The predicted molar refractivity (Wildman–Crippen MR) is 405 cm³/mol. The molecule has 0 aliphatic heterocycles. The summed E-state index contributed by atoms with van der Waals surface area (Å²) in [4.78, 5) is 73.0. The summed E-state index contributed by atoms with van der Waals surface area (Å²) in [6, 6.07) is 0. The van der Waals surface area contributed by atoms with Crippen molar-refractivity contribution in [3.63, 3.8) is 0 Å². The molecule has 0 rings (SSSR count). The van der Waals surface area contributed by atoms with Crippen molar-refractivity contribution in [1.82, 2.24) is 0 Å². The summed E-state index contributed by atoms with van der Waals surface area (Å²) in [5.41, 5.74) is 0. The first-order valence-corrected chi connectivity index (χ1v) is 44.5. The minimum absolute atomic E-state index is 0.108. The number of rotatable bonds is 79. The van der Waals surface area contributed by atoms with E-state index >= 15 is 0 Å². The molecule has 0 spiro atoms. The maximum Gasteiger partial charge on any atom is 0.472 e. The number of aliphatic hydroxyl groups is 1. The van der Waals surface area contributed by atoms with Gasteiger partial charge in [-0.2, -0.15) is 0 Å². The van der Waals surface area contributed by atoms with E-state index in [0.717, 1.165) is 102 Å². The van der Waals surface area contributed by atoms with E-state index in [0.29, 0.717) is 25.7 Å². The van der Waals surface area contributed by atoms with Gasteiger partial charge in [0.15, 0.2) is 12.2 Å². The van der Waals surface area contributed by atoms with Gasteiger partial charge in [-0.15, -0.1) is 0 Å². The zero-order chi connectivity index (χ0) is 72.8. The molecule has 2 unspecified atom stereocenters. The highest BCUT2D eigenvalue weighted by atomic mass is 31.2. The van der Waals surface area contributed by atoms with Gasteiger partial charge >= 0.3 is 39.5 Å². The van der Waals surface area contributed by atoms with Gasteiger partial charge in [-0.3, -0.25) is 37.3 Å². The monoisotopic (exact) mass is 1450 g/mol. The zero-order valence-corrected chi connectivity index (χ0v) is 66.6. The molecule has 0 aromatic heterocycles. The van der Waals surface area contributed by atoms with Crippen LogP contribution >= 0.6 is 15.6 Å². The molecule has 0 bridgehead atoms. The van der Waals surface area contributed by atoms with Crippen LogP contribution in [-0.2, 0) is 65.4 Å². The van der Waals surface area contributed by atoms with Crippen LogP contribution in [0.1, 0.15) is 420 Å². The van der Waals surface area contributed by atoms with E-state index in [1.165, 1.54) is 238 Å². The highest BCUT2D eigenvalue weighted by molar-refractivity contribution is 7.47. The van der Waals surface area contributed by atoms with Crippen LogP contribution in [0, 0.1) is 11.8 Å². The van der Waals surface area contributed by atoms with E-state index < -0.39 is 97.5 Å². The van der Waals surface area contributed by atoms with Crippen LogP contribution in [0.25, 0.3) is 0 Å². The molecule has 0 saturated heterocycles. The largest absolute Gasteiger partial charge is 0.472 e. The fourth-order valence-electron chi connectivity index (χ4n) is 12.4. The highest BCUT2D eigenvalue weighted by Crippen LogP contribution is 2.45. The van der Waals surface area contributed by atoms with Crippen molar-refractivity contribution >= 4 is 39.5 Å². The van der Waals surface area contributed by atoms with Gasteiger partial charge in [0.25, 0.3) is 0 Å². The number of hydrogen-bond acceptors (Lipinski definition) is 15. The molecule has 3 N–H and O–H groups in total. The topological polar surface area (TPSA) is 237 Å². The van der Waals surface area contributed by atoms with E-state index in [9.17, 15) is 43.2 Å². The quantitative estimate of drug-likeness (QED) is 0.0222. The first-order valence-electron chi connectivity index (χ1n) is 41.5. The molecule has 17 nitrogen and oxygen atoms in total. The third-order valence-electron chi connectivity index (χ3n) is 18.7. The molecule has 0 fully saturated rings. The normalized spacial score (nSPS) is 13.9. The molecule has 0 heterocycles. The minimum atomic E-state index is -4.96. The lowest BCUT2D eigenvalue weighted by Crippen LogP contribution is -2.30. The van der Waals surface area contributed by atoms with Gasteiger partial charge in [0.1, 0.15) is 19.3 Å². The number of unbranched alkanes of at least 4 members (excludes halogenated alkanes) is 49. The van der Waals surface area contributed by atoms with Crippen LogP contribution in [0.5, 0.6) is 0 Å². The first kappa shape index (κ1) is 97.1. The Morgan fingerprint density at radius 3 is 0.687 bits per heavy atom. The molecule has 0 aliphatic carbocycles. The fourth-order valence-corrected chi connectivity index (χ4v) is 13.9. The van der Waals surface area contributed by atoms with Crippen LogP contribution in [0.2, 0.25) is 0 Å². The second-order valence-corrected chi connectivity index (χ2v) is 32.7. The molecular weight excluding hydrogens is 1290 g/mol. The number of phosphoric ester groups is 2. The maximum atomic E-state index is 13.1. The van der Waals surface area contributed by atoms with Gasteiger partial charge in [0, 0.05) is 25.7 Å². The number of carbonyl (C=O) groups is 4. The van der Waals surface area contributed by atoms with Crippen LogP contribution in [0.3, 0.4) is 0 Å². The summed E-state index contributed by atoms with van der Waals surface area (Å²) in [7, 11) is -9.92. The van der Waals surface area contributed by atoms with Gasteiger partial charge in [-0.05, 0) is 37.5 Å². The van der Waals surface area contributed by atoms with Crippen molar-refractivity contribution in [2.75, 3.05) is 39.6 Å². The predicted octanol–water partition coefficient (Wildman–Crippen LogP) is 23.9. The Labute approximate surface area is 607 Å². The van der Waals surface area contributed by atoms with Gasteiger partial charge in [0.05, 0.1) is 26.4 Å². The van der Waals surface area contributed by atoms with E-state index in [2.05, 4.69) is 41.5 Å². The van der Waals surface area contributed by atoms with E-state index in [-0.39, 0.29) is 25.7 Å². The number of phosphoric acid groups is 2. The van der Waals surface area contributed by atoms with Crippen molar-refractivity contribution in [1.29, 1.82) is 0 Å². The van der Waals surface area contributed by atoms with Crippen molar-refractivity contribution in [3.05, 3.63) is 0 Å². The molecule has 0 radical (unpaired) electrons. The lowest BCUT2D eigenvalue weighted by atomic mass is 10.0. The summed E-state index contributed by atoms with van der Waals surface area (Å²) in [5, 5.41) is 10.6. The Morgan fingerprint density at radius 1 is 0.273 bits per heavy atom. The number of esters is 4. The molecule has 5 atom stereocenters. The average molecular weight is 1450 g/mol. The number of aliphatic hydroxyl groups excluding tert-OH is 1. The first-order chi connectivity index (χ1) is 47.9. The Kier molecular flexibility index (Phi) is 70.3. The van der Waals surface area contributed by atoms with Crippen LogP contribution in [0.4, 0.5) is 0 Å². The van der Waals surface area contributed by atoms with Crippen LogP contribution in [-0.4, -0.2) is 96.7 Å². The summed E-state index contributed by atoms with van der Waals surface area (Å²) in [6.07, 6.45) is 60.8. The molecule has 588 valence electrons. The fraction of sp³-hybridized carbons (Fsp3) is 0.950. The Balaban J connectivity index is 5.27. The third kappa shape index (κ3) is 74.1. The average Bonchev–Trinajstić information content (AvgIpc) is 1.26. The van der Waals surface area contributed by atoms with E-state index in [1.807, 2.05) is 0 Å². The standard InChI is InChI=1S/C80H156O17P2/c1-7-9-11-13-15-17-19-21-22-26-34-40-46-52-58-64-79(84)96-75(68-90-77(82)62-56-50-44-38-32-24-20-18-16-14-12-10-8-2)70-94-98(86,87)92-66-74(81)67-93-99(88,89)95-71-76(69-91-78(83)63-57-51-45-39-33-29-28-31-37-43-49-55-61-73(5)6)97-80(85)65-59-53-47-41-35-27-23-25-30-36-42-48-54-60-72(3)4/h72-76,81H,7-71H2,1-6H3,(H,86,87)(H,88,89)/t74-,75+,76+/m0/s1. The van der Waals surface area contributed by atoms with Crippen molar-refractivity contribution < 1.29 is 80.2 Å². The molecule has 0 aromatic carbocycles. The third-order valence-corrected chi connectivity index (χ3v) is 20.6. The van der Waals surface area contributed by atoms with Gasteiger partial charge in [-0.1, -0.05) is 369 Å². The van der Waals surface area contributed by atoms with Crippen LogP contribution < -0.4 is 0 Å². The van der Waals surface area contributed by atoms with E-state index in [4.69, 9.17) is 37.0 Å². The molecule has 0 amide bonds. The number of hydrogen-bond donors (Lipinski definition) is 3. The van der Waals surface area contributed by atoms with Gasteiger partial charge < -0.3 is 33.8 Å². The molecular formula is C80H156O17P2. The zero-order valence-electron chi connectivity index (χ0n) is 64.8. The van der Waals surface area contributed by atoms with Gasteiger partial charge in [-0.25, -0.2) is 9.13 Å². The highest BCUT2D eigenvalue weighted by Gasteiger charge is 2.30. The lowest BCUT2D eigenvalue weighted by molar-refractivity contribution is -0.161. The molecule has 0 aliphatic rings. The van der Waals surface area contributed by atoms with E-state index in [1.54, 1.807) is 0 Å². The van der Waals surface area contributed by atoms with Crippen molar-refractivity contribution in [3.8, 4) is 0 Å². The Morgan fingerprint density at radius 2 is 0.465 bits per heavy atom. The summed E-state index contributed by atoms with van der Waals surface area (Å²) < 4.78 is 68.7. The second kappa shape index (κ2) is 71.7. The molecule has 19 heteroatoms. The summed E-state index contributed by atoms with van der Waals surface area (Å²) >= 11 is 0. The summed E-state index contributed by atoms with van der Waals surface area (Å²) in [5.74, 6) is -0.538. The molecule has 0 aromatic rings. The number of carbonyl (C=O) groups excluding carboxylic acids is 4. The maximum absolute atomic E-state index is 13.1. The summed E-state index contributed by atoms with van der Waals surface area (Å²) in [6.45, 7) is 9.67. The molecule has 0 saturated carbocycles. The van der Waals surface area contributed by atoms with Gasteiger partial charge in [0.2, 0.25) is 0 Å². The Bertz CT molecular complexity index is 1910. The Hall–Kier alpha value is -1.94. The smallest absolute Gasteiger partial charge is 0.462 e.